The number of phenolic OH excluding ortho intramolecular Hbond substituents is 1. The van der Waals surface area contributed by atoms with Crippen molar-refractivity contribution in [2.24, 2.45) is 5.92 Å². The van der Waals surface area contributed by atoms with Crippen LogP contribution in [0.2, 0.25) is 0 Å². The Morgan fingerprint density at radius 3 is 2.08 bits per heavy atom. The molecular formula is C53H63N7O12. The number of carboxylic acid groups (broad SMARTS) is 1. The summed E-state index contributed by atoms with van der Waals surface area (Å²) in [5.74, 6) is -4.57. The third kappa shape index (κ3) is 16.2. The first-order valence-corrected chi connectivity index (χ1v) is 24.0. The van der Waals surface area contributed by atoms with Crippen molar-refractivity contribution in [1.29, 1.82) is 0 Å². The molecule has 72 heavy (non-hydrogen) atoms. The zero-order chi connectivity index (χ0) is 52.3. The van der Waals surface area contributed by atoms with Gasteiger partial charge in [0.25, 0.3) is 5.91 Å². The first-order valence-electron chi connectivity index (χ1n) is 24.0. The molecule has 0 saturated carbocycles. The number of aromatic carboxylic acids is 1. The van der Waals surface area contributed by atoms with Gasteiger partial charge >= 0.3 is 5.97 Å². The minimum Gasteiger partial charge on any atom is -0.508 e. The number of amides is 7. The zero-order valence-electron chi connectivity index (χ0n) is 40.9. The highest BCUT2D eigenvalue weighted by molar-refractivity contribution is 6.09. The number of carbonyl (C=O) groups excluding carboxylic acids is 7. The van der Waals surface area contributed by atoms with E-state index in [-0.39, 0.29) is 89.2 Å². The quantitative estimate of drug-likeness (QED) is 0.0279. The van der Waals surface area contributed by atoms with Crippen molar-refractivity contribution in [3.05, 3.63) is 112 Å². The van der Waals surface area contributed by atoms with Crippen LogP contribution in [0.15, 0.2) is 94.1 Å². The monoisotopic (exact) mass is 989 g/mol. The highest BCUT2D eigenvalue weighted by Crippen LogP contribution is 2.42. The maximum atomic E-state index is 13.6. The summed E-state index contributed by atoms with van der Waals surface area (Å²) < 4.78 is 5.88. The topological polar surface area (TPSA) is 291 Å². The van der Waals surface area contributed by atoms with Gasteiger partial charge in [0.1, 0.15) is 35.2 Å². The number of benzene rings is 4. The van der Waals surface area contributed by atoms with Crippen LogP contribution in [0.1, 0.15) is 98.4 Å². The van der Waals surface area contributed by atoms with Crippen LogP contribution in [-0.4, -0.2) is 102 Å². The smallest absolute Gasteiger partial charge is 0.336 e. The largest absolute Gasteiger partial charge is 0.508 e. The predicted molar refractivity (Wildman–Crippen MR) is 269 cm³/mol. The first-order chi connectivity index (χ1) is 34.4. The number of rotatable bonds is 26. The van der Waals surface area contributed by atoms with Gasteiger partial charge in [-0.15, -0.1) is 0 Å². The Balaban J connectivity index is 1.11. The highest BCUT2D eigenvalue weighted by Gasteiger charge is 2.28. The number of likely N-dealkylation sites (N-methyl/N-ethyl adjacent to an activating group) is 1. The Hall–Kier alpha value is -8.09. The Morgan fingerprint density at radius 1 is 0.667 bits per heavy atom. The lowest BCUT2D eigenvalue weighted by Gasteiger charge is -2.23. The summed E-state index contributed by atoms with van der Waals surface area (Å²) in [5, 5.41) is 39.7. The summed E-state index contributed by atoms with van der Waals surface area (Å²) in [6.45, 7) is 5.25. The van der Waals surface area contributed by atoms with Gasteiger partial charge in [-0.05, 0) is 92.0 Å². The lowest BCUT2D eigenvalue weighted by Crippen LogP contribution is -2.55. The maximum Gasteiger partial charge on any atom is 0.336 e. The molecule has 3 unspecified atom stereocenters. The fourth-order valence-corrected chi connectivity index (χ4v) is 8.14. The van der Waals surface area contributed by atoms with Crippen molar-refractivity contribution in [2.75, 3.05) is 26.7 Å². The van der Waals surface area contributed by atoms with E-state index in [1.807, 2.05) is 44.2 Å². The second kappa shape index (κ2) is 26.8. The number of unbranched alkanes of at least 4 members (excludes halogenated alkanes) is 3. The maximum absolute atomic E-state index is 13.6. The van der Waals surface area contributed by atoms with E-state index < -0.39 is 60.2 Å². The number of aromatic hydroxyl groups is 1. The molecule has 5 rings (SSSR count). The molecule has 9 N–H and O–H groups in total. The lowest BCUT2D eigenvalue weighted by atomic mass is 9.90. The normalized spacial score (nSPS) is 12.3. The van der Waals surface area contributed by atoms with Gasteiger partial charge in [0.2, 0.25) is 35.4 Å². The Bertz CT molecular complexity index is 2780. The van der Waals surface area contributed by atoms with E-state index in [0.717, 1.165) is 5.56 Å². The van der Waals surface area contributed by atoms with Gasteiger partial charge < -0.3 is 51.8 Å². The molecule has 1 aliphatic heterocycles. The number of fused-ring (bicyclic) bond motifs is 2. The van der Waals surface area contributed by atoms with Crippen LogP contribution in [0.3, 0.4) is 0 Å². The van der Waals surface area contributed by atoms with Crippen LogP contribution in [0.25, 0.3) is 33.4 Å². The Labute approximate surface area is 416 Å². The van der Waals surface area contributed by atoms with Gasteiger partial charge in [-0.25, -0.2) is 4.79 Å². The summed E-state index contributed by atoms with van der Waals surface area (Å²) in [6.07, 6.45) is 3.15. The summed E-state index contributed by atoms with van der Waals surface area (Å²) in [7, 11) is 1.46. The zero-order valence-corrected chi connectivity index (χ0v) is 40.9. The minimum absolute atomic E-state index is 0.00591. The molecule has 19 nitrogen and oxygen atoms in total. The molecule has 1 aliphatic carbocycles. The molecular weight excluding hydrogens is 927 g/mol. The average Bonchev–Trinajstić information content (AvgIpc) is 3.34. The number of nitrogens with one attached hydrogen (secondary N) is 7. The Kier molecular flexibility index (Phi) is 20.4. The second-order valence-corrected chi connectivity index (χ2v) is 17.9. The third-order valence-corrected chi connectivity index (χ3v) is 11.7. The van der Waals surface area contributed by atoms with E-state index in [4.69, 9.17) is 4.42 Å². The van der Waals surface area contributed by atoms with Crippen molar-refractivity contribution < 1.29 is 53.0 Å². The van der Waals surface area contributed by atoms with E-state index in [9.17, 15) is 53.4 Å². The van der Waals surface area contributed by atoms with Crippen LogP contribution in [0.5, 0.6) is 5.75 Å². The molecule has 1 heterocycles. The number of hydrogen-bond acceptors (Lipinski definition) is 11. The molecule has 0 saturated heterocycles. The molecule has 3 atom stereocenters. The molecule has 0 fully saturated rings. The molecule has 0 aromatic heterocycles. The van der Waals surface area contributed by atoms with Crippen molar-refractivity contribution in [3.63, 3.8) is 0 Å². The molecule has 19 heteroatoms. The molecule has 3 aromatic carbocycles. The van der Waals surface area contributed by atoms with Gasteiger partial charge in [-0.1, -0.05) is 56.7 Å². The van der Waals surface area contributed by atoms with E-state index in [0.29, 0.717) is 55.2 Å². The summed E-state index contributed by atoms with van der Waals surface area (Å²) in [4.78, 5) is 115. The highest BCUT2D eigenvalue weighted by atomic mass is 16.4. The molecule has 7 amide bonds. The molecule has 0 radical (unpaired) electrons. The summed E-state index contributed by atoms with van der Waals surface area (Å²) in [6, 6.07) is 19.0. The number of phenols is 1. The summed E-state index contributed by atoms with van der Waals surface area (Å²) in [5.41, 5.74) is 1.84. The van der Waals surface area contributed by atoms with Gasteiger partial charge in [0.15, 0.2) is 5.43 Å². The SMILES string of the molecule is CNC(=O)C(Cc1ccccc1)NC(=O)C(CCCCNC(C)=O)NC(=O)CNC(=O)C(CC(C)C)NC(=O)CCCCCNC(=O)c1ccc(-c2c3ccc(=O)cc-3oc3cc(O)ccc23)c(C(=O)O)c1. The first kappa shape index (κ1) is 54.8. The third-order valence-electron chi connectivity index (χ3n) is 11.7. The van der Waals surface area contributed by atoms with Crippen LogP contribution in [0.4, 0.5) is 0 Å². The molecule has 2 aliphatic rings. The summed E-state index contributed by atoms with van der Waals surface area (Å²) >= 11 is 0. The number of carboxylic acids is 1. The van der Waals surface area contributed by atoms with E-state index in [1.54, 1.807) is 6.07 Å². The van der Waals surface area contributed by atoms with Crippen LogP contribution in [-0.2, 0) is 35.2 Å². The lowest BCUT2D eigenvalue weighted by molar-refractivity contribution is -0.133. The van der Waals surface area contributed by atoms with Crippen LogP contribution < -0.4 is 42.6 Å². The standard InChI is InChI=1S/C53H63N7O12/c1-31(2)25-42(51(68)57-30-47(65)58-41(15-10-12-23-55-32(3)61)52(69)60-43(50(67)54-4)26-33-13-7-5-8-14-33)59-46(64)16-9-6-11-24-56-49(66)34-17-20-37(40(27-34)53(70)71)48-38-21-18-35(62)28-44(38)72-45-29-36(63)19-22-39(45)48/h5,7-8,13-14,17-22,27-29,31,41-43,62H,6,9-12,15-16,23-26,30H2,1-4H3,(H,54,67)(H,55,61)(H,56,66)(H,57,68)(H,58,65)(H,59,64)(H,60,69)(H,70,71). The predicted octanol–water partition coefficient (Wildman–Crippen LogP) is 4.17. The molecule has 0 bridgehead atoms. The van der Waals surface area contributed by atoms with Gasteiger partial charge in [-0.3, -0.25) is 38.4 Å². The van der Waals surface area contributed by atoms with E-state index in [1.165, 1.54) is 62.5 Å². The van der Waals surface area contributed by atoms with E-state index >= 15 is 0 Å². The molecule has 382 valence electrons. The van der Waals surface area contributed by atoms with Crippen molar-refractivity contribution in [1.82, 2.24) is 37.2 Å². The fourth-order valence-electron chi connectivity index (χ4n) is 8.14. The second-order valence-electron chi connectivity index (χ2n) is 17.9. The van der Waals surface area contributed by atoms with Gasteiger partial charge in [-0.2, -0.15) is 0 Å². The van der Waals surface area contributed by atoms with Crippen LogP contribution >= 0.6 is 0 Å². The van der Waals surface area contributed by atoms with E-state index in [2.05, 4.69) is 37.2 Å². The fraction of sp³-hybridized carbons (Fsp3) is 0.377. The number of carbonyl (C=O) groups is 8. The minimum atomic E-state index is -1.29. The van der Waals surface area contributed by atoms with Gasteiger partial charge in [0.05, 0.1) is 12.1 Å². The number of hydrogen-bond donors (Lipinski definition) is 9. The van der Waals surface area contributed by atoms with Crippen molar-refractivity contribution >= 4 is 58.3 Å². The van der Waals surface area contributed by atoms with Crippen molar-refractivity contribution in [3.8, 4) is 28.2 Å². The van der Waals surface area contributed by atoms with Gasteiger partial charge in [0, 0.05) is 74.1 Å². The van der Waals surface area contributed by atoms with Crippen molar-refractivity contribution in [2.45, 2.75) is 96.7 Å². The molecule has 0 spiro atoms. The Morgan fingerprint density at radius 2 is 1.38 bits per heavy atom. The average molecular weight is 990 g/mol. The molecule has 3 aromatic rings. The van der Waals surface area contributed by atoms with Crippen LogP contribution in [0, 0.1) is 5.92 Å².